The molecule has 2 N–H and O–H groups in total. The summed E-state index contributed by atoms with van der Waals surface area (Å²) >= 11 is 0. The maximum absolute atomic E-state index is 11.6. The summed E-state index contributed by atoms with van der Waals surface area (Å²) in [4.78, 5) is 11.6. The van der Waals surface area contributed by atoms with Crippen molar-refractivity contribution >= 4 is 5.91 Å². The van der Waals surface area contributed by atoms with Gasteiger partial charge in [-0.3, -0.25) is 4.79 Å². The number of rotatable bonds is 6. The van der Waals surface area contributed by atoms with E-state index in [0.717, 1.165) is 24.0 Å². The van der Waals surface area contributed by atoms with Gasteiger partial charge >= 0.3 is 0 Å². The third-order valence-corrected chi connectivity index (χ3v) is 2.92. The monoisotopic (exact) mass is 243 g/mol. The Kier molecular flexibility index (Phi) is 5.92. The van der Waals surface area contributed by atoms with Crippen molar-refractivity contribution < 1.29 is 4.79 Å². The first-order valence-electron chi connectivity index (χ1n) is 6.26. The molecule has 96 valence electrons. The van der Waals surface area contributed by atoms with Gasteiger partial charge in [0.05, 0.1) is 5.92 Å². The highest BCUT2D eigenvalue weighted by Crippen LogP contribution is 2.24. The summed E-state index contributed by atoms with van der Waals surface area (Å²) in [5, 5.41) is 0. The van der Waals surface area contributed by atoms with Crippen molar-refractivity contribution in [2.45, 2.75) is 26.2 Å². The van der Waals surface area contributed by atoms with E-state index >= 15 is 0 Å². The van der Waals surface area contributed by atoms with Gasteiger partial charge in [-0.05, 0) is 31.8 Å². The average Bonchev–Trinajstić information content (AvgIpc) is 2.37. The zero-order valence-electron chi connectivity index (χ0n) is 10.9. The molecule has 1 atom stereocenters. The van der Waals surface area contributed by atoms with Crippen LogP contribution in [0.5, 0.6) is 0 Å². The third kappa shape index (κ3) is 4.58. The largest absolute Gasteiger partial charge is 0.369 e. The number of carbonyl (C=O) groups excluding carboxylic acids is 1. The number of primary amides is 1. The fraction of sp³-hybridized carbons (Fsp3) is 0.312. The summed E-state index contributed by atoms with van der Waals surface area (Å²) in [7, 11) is 0. The highest BCUT2D eigenvalue weighted by molar-refractivity contribution is 5.81. The molecule has 0 radical (unpaired) electrons. The van der Waals surface area contributed by atoms with Gasteiger partial charge in [0.25, 0.3) is 0 Å². The molecule has 2 heteroatoms. The number of amides is 1. The van der Waals surface area contributed by atoms with Crippen molar-refractivity contribution in [3.8, 4) is 0 Å². The smallest absolute Gasteiger partial charge is 0.225 e. The van der Waals surface area contributed by atoms with Crippen LogP contribution in [-0.4, -0.2) is 5.91 Å². The Balaban J connectivity index is 2.75. The molecule has 1 aliphatic rings. The summed E-state index contributed by atoms with van der Waals surface area (Å²) < 4.78 is 0. The second-order valence-electron chi connectivity index (χ2n) is 4.48. The predicted molar refractivity (Wildman–Crippen MR) is 76.9 cm³/mol. The van der Waals surface area contributed by atoms with Crippen molar-refractivity contribution in [2.75, 3.05) is 0 Å². The average molecular weight is 243 g/mol. The zero-order chi connectivity index (χ0) is 13.4. The lowest BCUT2D eigenvalue weighted by Gasteiger charge is -2.17. The fourth-order valence-corrected chi connectivity index (χ4v) is 1.96. The van der Waals surface area contributed by atoms with Gasteiger partial charge in [0, 0.05) is 0 Å². The first-order chi connectivity index (χ1) is 8.65. The van der Waals surface area contributed by atoms with Crippen LogP contribution >= 0.6 is 0 Å². The molecule has 0 aromatic carbocycles. The van der Waals surface area contributed by atoms with Crippen LogP contribution in [0.2, 0.25) is 0 Å². The molecule has 0 aromatic rings. The van der Waals surface area contributed by atoms with Gasteiger partial charge in [0.2, 0.25) is 5.91 Å². The minimum absolute atomic E-state index is 0.213. The molecule has 0 bridgehead atoms. The molecule has 1 rings (SSSR count). The van der Waals surface area contributed by atoms with Crippen LogP contribution in [0, 0.1) is 5.92 Å². The number of hydrogen-bond acceptors (Lipinski definition) is 1. The zero-order valence-corrected chi connectivity index (χ0v) is 10.9. The second-order valence-corrected chi connectivity index (χ2v) is 4.48. The molecular formula is C16H21NO. The van der Waals surface area contributed by atoms with Crippen molar-refractivity contribution in [1.82, 2.24) is 0 Å². The van der Waals surface area contributed by atoms with E-state index in [-0.39, 0.29) is 11.8 Å². The van der Waals surface area contributed by atoms with Gasteiger partial charge in [0.1, 0.15) is 0 Å². The fourth-order valence-electron chi connectivity index (χ4n) is 1.96. The minimum atomic E-state index is -0.256. The Morgan fingerprint density at radius 1 is 1.50 bits per heavy atom. The lowest BCUT2D eigenvalue weighted by Crippen LogP contribution is -2.25. The van der Waals surface area contributed by atoms with Gasteiger partial charge in [-0.15, -0.1) is 0 Å². The Bertz CT molecular complexity index is 424. The van der Waals surface area contributed by atoms with E-state index in [1.165, 1.54) is 0 Å². The Hall–Kier alpha value is -1.83. The number of carbonyl (C=O) groups is 1. The van der Waals surface area contributed by atoms with E-state index in [9.17, 15) is 4.79 Å². The van der Waals surface area contributed by atoms with Crippen LogP contribution < -0.4 is 5.73 Å². The van der Waals surface area contributed by atoms with Crippen molar-refractivity contribution in [3.05, 3.63) is 60.3 Å². The molecule has 0 spiro atoms. The quantitative estimate of drug-likeness (QED) is 0.713. The number of hydrogen-bond donors (Lipinski definition) is 1. The first-order valence-corrected chi connectivity index (χ1v) is 6.26. The maximum Gasteiger partial charge on any atom is 0.225 e. The van der Waals surface area contributed by atoms with E-state index in [1.807, 2.05) is 31.2 Å². The molecule has 1 unspecified atom stereocenters. The Morgan fingerprint density at radius 2 is 2.28 bits per heavy atom. The van der Waals surface area contributed by atoms with Crippen LogP contribution in [0.3, 0.4) is 0 Å². The molecule has 0 fully saturated rings. The molecule has 0 saturated heterocycles. The summed E-state index contributed by atoms with van der Waals surface area (Å²) in [6.07, 6.45) is 16.4. The van der Waals surface area contributed by atoms with Crippen LogP contribution in [0.1, 0.15) is 26.2 Å². The van der Waals surface area contributed by atoms with Crippen molar-refractivity contribution in [3.63, 3.8) is 0 Å². The van der Waals surface area contributed by atoms with Gasteiger partial charge in [-0.1, -0.05) is 54.7 Å². The summed E-state index contributed by atoms with van der Waals surface area (Å²) in [6, 6.07) is 0. The SMILES string of the molecule is C=CC=CC=C(C)CC(C(N)=O)C1=CCCC=C1. The van der Waals surface area contributed by atoms with Crippen LogP contribution in [0.15, 0.2) is 60.3 Å². The summed E-state index contributed by atoms with van der Waals surface area (Å²) in [5.74, 6) is -0.469. The van der Waals surface area contributed by atoms with E-state index in [2.05, 4.69) is 18.7 Å². The molecule has 0 aliphatic heterocycles. The molecule has 0 saturated carbocycles. The van der Waals surface area contributed by atoms with Crippen molar-refractivity contribution in [2.24, 2.45) is 11.7 Å². The van der Waals surface area contributed by atoms with Gasteiger partial charge in [-0.25, -0.2) is 0 Å². The highest BCUT2D eigenvalue weighted by Gasteiger charge is 2.19. The summed E-state index contributed by atoms with van der Waals surface area (Å²) in [5.41, 5.74) is 7.68. The molecule has 0 heterocycles. The van der Waals surface area contributed by atoms with E-state index in [4.69, 9.17) is 5.73 Å². The normalized spacial score (nSPS) is 17.6. The highest BCUT2D eigenvalue weighted by atomic mass is 16.1. The molecule has 1 aliphatic carbocycles. The topological polar surface area (TPSA) is 43.1 Å². The maximum atomic E-state index is 11.6. The Labute approximate surface area is 109 Å². The third-order valence-electron chi connectivity index (χ3n) is 2.92. The predicted octanol–water partition coefficient (Wildman–Crippen LogP) is 3.44. The molecule has 0 aromatic heterocycles. The Morgan fingerprint density at radius 3 is 2.83 bits per heavy atom. The van der Waals surface area contributed by atoms with Crippen LogP contribution in [0.25, 0.3) is 0 Å². The molecule has 18 heavy (non-hydrogen) atoms. The van der Waals surface area contributed by atoms with Gasteiger partial charge in [-0.2, -0.15) is 0 Å². The molecule has 2 nitrogen and oxygen atoms in total. The van der Waals surface area contributed by atoms with E-state index in [1.54, 1.807) is 6.08 Å². The van der Waals surface area contributed by atoms with Crippen LogP contribution in [-0.2, 0) is 4.79 Å². The minimum Gasteiger partial charge on any atom is -0.369 e. The van der Waals surface area contributed by atoms with E-state index < -0.39 is 0 Å². The van der Waals surface area contributed by atoms with E-state index in [0.29, 0.717) is 6.42 Å². The first kappa shape index (κ1) is 14.2. The second kappa shape index (κ2) is 7.49. The lowest BCUT2D eigenvalue weighted by molar-refractivity contribution is -0.120. The van der Waals surface area contributed by atoms with Crippen LogP contribution in [0.4, 0.5) is 0 Å². The van der Waals surface area contributed by atoms with Gasteiger partial charge < -0.3 is 5.73 Å². The van der Waals surface area contributed by atoms with Crippen molar-refractivity contribution in [1.29, 1.82) is 0 Å². The number of nitrogens with two attached hydrogens (primary N) is 1. The molecular weight excluding hydrogens is 222 g/mol. The lowest BCUT2D eigenvalue weighted by atomic mass is 9.88. The summed E-state index contributed by atoms with van der Waals surface area (Å²) in [6.45, 7) is 5.62. The number of allylic oxidation sites excluding steroid dienone is 8. The molecule has 1 amide bonds. The van der Waals surface area contributed by atoms with Gasteiger partial charge in [0.15, 0.2) is 0 Å². The standard InChI is InChI=1S/C16H21NO/c1-3-4-6-9-13(2)12-15(16(17)18)14-10-7-5-8-11-14/h3-4,6-7,9-11,15H,1,5,8,12H2,2H3,(H2,17,18).